The van der Waals surface area contributed by atoms with E-state index in [2.05, 4.69) is 29.2 Å². The van der Waals surface area contributed by atoms with Gasteiger partial charge >= 0.3 is 5.69 Å². The second-order valence-corrected chi connectivity index (χ2v) is 5.15. The van der Waals surface area contributed by atoms with Crippen molar-refractivity contribution in [3.63, 3.8) is 0 Å². The Morgan fingerprint density at radius 1 is 1.42 bits per heavy atom. The van der Waals surface area contributed by atoms with Gasteiger partial charge in [-0.15, -0.1) is 0 Å². The van der Waals surface area contributed by atoms with E-state index in [0.29, 0.717) is 17.7 Å². The normalized spacial score (nSPS) is 23.2. The van der Waals surface area contributed by atoms with Gasteiger partial charge in [0, 0.05) is 13.1 Å². The number of nitrogens with zero attached hydrogens (tertiary/aromatic N) is 4. The third kappa shape index (κ3) is 2.73. The average Bonchev–Trinajstić information content (AvgIpc) is 2.36. The second-order valence-electron chi connectivity index (χ2n) is 5.15. The van der Waals surface area contributed by atoms with Gasteiger partial charge in [0.05, 0.1) is 4.92 Å². The molecule has 8 heteroatoms. The summed E-state index contributed by atoms with van der Waals surface area (Å²) in [5, 5.41) is 11.2. The monoisotopic (exact) mass is 266 g/mol. The molecule has 0 bridgehead atoms. The summed E-state index contributed by atoms with van der Waals surface area (Å²) in [7, 11) is 0. The van der Waals surface area contributed by atoms with Gasteiger partial charge in [-0.25, -0.2) is 15.8 Å². The number of hydrogen-bond acceptors (Lipinski definition) is 7. The van der Waals surface area contributed by atoms with E-state index in [0.717, 1.165) is 19.5 Å². The maximum atomic E-state index is 11.2. The summed E-state index contributed by atoms with van der Waals surface area (Å²) in [6.45, 7) is 5.79. The number of anilines is 2. The first kappa shape index (κ1) is 13.5. The number of hydrazine groups is 1. The molecule has 2 heterocycles. The quantitative estimate of drug-likeness (QED) is 0.479. The smallest absolute Gasteiger partial charge is 0.350 e. The standard InChI is InChI=1S/C11H18N6O2/c1-7-3-8(2)5-16(4-7)11-9(17(18)19)10(15-12)13-6-14-11/h6-8H,3-5,12H2,1-2H3,(H,13,14,15). The van der Waals surface area contributed by atoms with Crippen LogP contribution in [0, 0.1) is 22.0 Å². The van der Waals surface area contributed by atoms with E-state index in [-0.39, 0.29) is 11.5 Å². The Balaban J connectivity index is 2.41. The molecule has 0 aliphatic carbocycles. The zero-order valence-electron chi connectivity index (χ0n) is 11.0. The van der Waals surface area contributed by atoms with Crippen molar-refractivity contribution in [1.29, 1.82) is 0 Å². The highest BCUT2D eigenvalue weighted by molar-refractivity contribution is 5.70. The molecule has 0 spiro atoms. The molecule has 1 saturated heterocycles. The molecule has 1 aromatic heterocycles. The fourth-order valence-electron chi connectivity index (χ4n) is 2.71. The molecule has 2 atom stereocenters. The van der Waals surface area contributed by atoms with E-state index in [9.17, 15) is 10.1 Å². The van der Waals surface area contributed by atoms with E-state index >= 15 is 0 Å². The summed E-state index contributed by atoms with van der Waals surface area (Å²) in [6, 6.07) is 0. The van der Waals surface area contributed by atoms with Crippen LogP contribution in [0.3, 0.4) is 0 Å². The van der Waals surface area contributed by atoms with E-state index in [4.69, 9.17) is 5.84 Å². The largest absolute Gasteiger partial charge is 0.354 e. The number of nitrogens with one attached hydrogen (secondary N) is 1. The maximum Gasteiger partial charge on any atom is 0.354 e. The van der Waals surface area contributed by atoms with E-state index in [1.165, 1.54) is 6.33 Å². The molecule has 0 aromatic carbocycles. The number of nitrogen functional groups attached to an aromatic ring is 1. The van der Waals surface area contributed by atoms with Crippen LogP contribution >= 0.6 is 0 Å². The van der Waals surface area contributed by atoms with Crippen molar-refractivity contribution in [2.75, 3.05) is 23.4 Å². The first-order valence-corrected chi connectivity index (χ1v) is 6.23. The van der Waals surface area contributed by atoms with E-state index in [1.807, 2.05) is 4.90 Å². The molecule has 0 amide bonds. The van der Waals surface area contributed by atoms with Gasteiger partial charge in [-0.1, -0.05) is 13.8 Å². The fourth-order valence-corrected chi connectivity index (χ4v) is 2.71. The molecular weight excluding hydrogens is 248 g/mol. The van der Waals surface area contributed by atoms with Gasteiger partial charge in [0.1, 0.15) is 6.33 Å². The van der Waals surface area contributed by atoms with Crippen LogP contribution in [0.5, 0.6) is 0 Å². The zero-order valence-corrected chi connectivity index (χ0v) is 11.0. The molecule has 2 rings (SSSR count). The Kier molecular flexibility index (Phi) is 3.79. The lowest BCUT2D eigenvalue weighted by molar-refractivity contribution is -0.383. The van der Waals surface area contributed by atoms with Gasteiger partial charge < -0.3 is 10.3 Å². The van der Waals surface area contributed by atoms with E-state index < -0.39 is 4.92 Å². The van der Waals surface area contributed by atoms with Crippen LogP contribution in [0.25, 0.3) is 0 Å². The predicted octanol–water partition coefficient (Wildman–Crippen LogP) is 1.15. The van der Waals surface area contributed by atoms with Crippen molar-refractivity contribution in [3.8, 4) is 0 Å². The lowest BCUT2D eigenvalue weighted by Crippen LogP contribution is -2.39. The number of nitro groups is 1. The van der Waals surface area contributed by atoms with Gasteiger partial charge in [0.25, 0.3) is 0 Å². The highest BCUT2D eigenvalue weighted by Crippen LogP contribution is 2.34. The van der Waals surface area contributed by atoms with Gasteiger partial charge in [-0.2, -0.15) is 0 Å². The minimum absolute atomic E-state index is 0.0425. The lowest BCUT2D eigenvalue weighted by atomic mass is 9.92. The van der Waals surface area contributed by atoms with Crippen molar-refractivity contribution in [2.24, 2.45) is 17.7 Å². The average molecular weight is 266 g/mol. The number of hydrogen-bond donors (Lipinski definition) is 2. The van der Waals surface area contributed by atoms with Crippen LogP contribution in [0.15, 0.2) is 6.33 Å². The SMILES string of the molecule is CC1CC(C)CN(c2ncnc(NN)c2[N+](=O)[O-])C1. The van der Waals surface area contributed by atoms with Gasteiger partial charge in [0.2, 0.25) is 11.6 Å². The molecule has 0 radical (unpaired) electrons. The summed E-state index contributed by atoms with van der Waals surface area (Å²) in [4.78, 5) is 20.5. The summed E-state index contributed by atoms with van der Waals surface area (Å²) >= 11 is 0. The molecule has 2 unspecified atom stereocenters. The van der Waals surface area contributed by atoms with Crippen molar-refractivity contribution in [3.05, 3.63) is 16.4 Å². The molecule has 8 nitrogen and oxygen atoms in total. The van der Waals surface area contributed by atoms with Gasteiger partial charge in [-0.05, 0) is 18.3 Å². The third-order valence-corrected chi connectivity index (χ3v) is 3.29. The highest BCUT2D eigenvalue weighted by Gasteiger charge is 2.30. The lowest BCUT2D eigenvalue weighted by Gasteiger charge is -2.35. The number of nitrogens with two attached hydrogens (primary N) is 1. The molecule has 104 valence electrons. The molecule has 3 N–H and O–H groups in total. The van der Waals surface area contributed by atoms with Crippen LogP contribution in [0.1, 0.15) is 20.3 Å². The van der Waals surface area contributed by atoms with Crippen LogP contribution in [0.2, 0.25) is 0 Å². The molecule has 19 heavy (non-hydrogen) atoms. The zero-order chi connectivity index (χ0) is 14.0. The molecule has 0 saturated carbocycles. The van der Waals surface area contributed by atoms with Gasteiger partial charge in [0.15, 0.2) is 0 Å². The number of rotatable bonds is 3. The Morgan fingerprint density at radius 2 is 2.05 bits per heavy atom. The molecule has 1 aliphatic rings. The Bertz CT molecular complexity index is 470. The first-order chi connectivity index (χ1) is 9.02. The Hall–Kier alpha value is -1.96. The van der Waals surface area contributed by atoms with Crippen LogP contribution in [-0.2, 0) is 0 Å². The van der Waals surface area contributed by atoms with E-state index in [1.54, 1.807) is 0 Å². The predicted molar refractivity (Wildman–Crippen MR) is 71.7 cm³/mol. The minimum atomic E-state index is -0.492. The molecule has 1 fully saturated rings. The van der Waals surface area contributed by atoms with Crippen LogP contribution in [-0.4, -0.2) is 28.0 Å². The topological polar surface area (TPSA) is 110 Å². The Labute approximate surface area is 111 Å². The van der Waals surface area contributed by atoms with Crippen molar-refractivity contribution in [2.45, 2.75) is 20.3 Å². The summed E-state index contributed by atoms with van der Waals surface area (Å²) in [5.74, 6) is 6.62. The number of aromatic nitrogens is 2. The van der Waals surface area contributed by atoms with Crippen molar-refractivity contribution >= 4 is 17.3 Å². The minimum Gasteiger partial charge on any atom is -0.350 e. The van der Waals surface area contributed by atoms with Gasteiger partial charge in [-0.3, -0.25) is 10.1 Å². The summed E-state index contributed by atoms with van der Waals surface area (Å²) in [5.41, 5.74) is 2.10. The Morgan fingerprint density at radius 3 is 2.58 bits per heavy atom. The number of piperidine rings is 1. The molecule has 1 aliphatic heterocycles. The molecular formula is C11H18N6O2. The second kappa shape index (κ2) is 5.35. The highest BCUT2D eigenvalue weighted by atomic mass is 16.6. The fraction of sp³-hybridized carbons (Fsp3) is 0.636. The molecule has 1 aromatic rings. The summed E-state index contributed by atoms with van der Waals surface area (Å²) < 4.78 is 0. The summed E-state index contributed by atoms with van der Waals surface area (Å²) in [6.07, 6.45) is 2.42. The van der Waals surface area contributed by atoms with Crippen molar-refractivity contribution < 1.29 is 4.92 Å². The third-order valence-electron chi connectivity index (χ3n) is 3.29. The first-order valence-electron chi connectivity index (χ1n) is 6.23. The maximum absolute atomic E-state index is 11.2. The van der Waals surface area contributed by atoms with Crippen molar-refractivity contribution in [1.82, 2.24) is 9.97 Å². The van der Waals surface area contributed by atoms with Crippen LogP contribution in [0.4, 0.5) is 17.3 Å². The van der Waals surface area contributed by atoms with Crippen LogP contribution < -0.4 is 16.2 Å².